The molecule has 0 radical (unpaired) electrons. The number of nitrogens with zero attached hydrogens (tertiary/aromatic N) is 1. The molecular formula is C23H31N3O3. The highest BCUT2D eigenvalue weighted by molar-refractivity contribution is 5.97. The van der Waals surface area contributed by atoms with Crippen molar-refractivity contribution in [3.05, 3.63) is 59.0 Å². The third-order valence-electron chi connectivity index (χ3n) is 5.70. The van der Waals surface area contributed by atoms with Crippen molar-refractivity contribution in [1.82, 2.24) is 15.8 Å². The van der Waals surface area contributed by atoms with Crippen LogP contribution in [0.1, 0.15) is 84.1 Å². The molecule has 1 aliphatic carbocycles. The van der Waals surface area contributed by atoms with Gasteiger partial charge in [0.2, 0.25) is 0 Å². The third kappa shape index (κ3) is 5.70. The van der Waals surface area contributed by atoms with Crippen LogP contribution >= 0.6 is 0 Å². The van der Waals surface area contributed by atoms with Gasteiger partial charge in [-0.1, -0.05) is 45.2 Å². The second-order valence-corrected chi connectivity index (χ2v) is 7.59. The monoisotopic (exact) mass is 397 g/mol. The van der Waals surface area contributed by atoms with Crippen LogP contribution in [0, 0.1) is 0 Å². The van der Waals surface area contributed by atoms with Gasteiger partial charge < -0.3 is 4.42 Å². The van der Waals surface area contributed by atoms with E-state index in [9.17, 15) is 9.59 Å². The number of benzene rings is 1. The normalized spacial score (nSPS) is 14.7. The van der Waals surface area contributed by atoms with E-state index >= 15 is 0 Å². The van der Waals surface area contributed by atoms with Gasteiger partial charge in [0.15, 0.2) is 5.76 Å². The zero-order valence-electron chi connectivity index (χ0n) is 17.4. The Morgan fingerprint density at radius 2 is 1.59 bits per heavy atom. The summed E-state index contributed by atoms with van der Waals surface area (Å²) < 4.78 is 5.60. The third-order valence-corrected chi connectivity index (χ3v) is 5.70. The largest absolute Gasteiger partial charge is 0.454 e. The van der Waals surface area contributed by atoms with Gasteiger partial charge in [-0.05, 0) is 61.7 Å². The number of amides is 2. The van der Waals surface area contributed by atoms with Crippen LogP contribution in [0.25, 0.3) is 0 Å². The quantitative estimate of drug-likeness (QED) is 0.685. The maximum atomic E-state index is 12.3. The lowest BCUT2D eigenvalue weighted by Crippen LogP contribution is -2.41. The van der Waals surface area contributed by atoms with Crippen molar-refractivity contribution in [1.29, 1.82) is 0 Å². The topological polar surface area (TPSA) is 74.6 Å². The van der Waals surface area contributed by atoms with E-state index in [4.69, 9.17) is 4.42 Å². The summed E-state index contributed by atoms with van der Waals surface area (Å²) in [5.41, 5.74) is 6.70. The summed E-state index contributed by atoms with van der Waals surface area (Å²) in [6.07, 6.45) is 6.33. The van der Waals surface area contributed by atoms with Gasteiger partial charge in [0.25, 0.3) is 5.91 Å². The van der Waals surface area contributed by atoms with Crippen LogP contribution in [0.2, 0.25) is 0 Å². The van der Waals surface area contributed by atoms with Gasteiger partial charge >= 0.3 is 5.91 Å². The predicted molar refractivity (Wildman–Crippen MR) is 113 cm³/mol. The van der Waals surface area contributed by atoms with E-state index in [0.717, 1.165) is 18.8 Å². The molecule has 1 aliphatic rings. The number of hydrazine groups is 1. The highest BCUT2D eigenvalue weighted by atomic mass is 16.4. The van der Waals surface area contributed by atoms with Crippen LogP contribution in [0.15, 0.2) is 40.8 Å². The summed E-state index contributed by atoms with van der Waals surface area (Å²) in [6, 6.07) is 11.1. The van der Waals surface area contributed by atoms with Gasteiger partial charge in [-0.3, -0.25) is 25.3 Å². The van der Waals surface area contributed by atoms with Crippen LogP contribution in [0.4, 0.5) is 0 Å². The first-order valence-corrected chi connectivity index (χ1v) is 10.6. The molecule has 1 saturated carbocycles. The zero-order chi connectivity index (χ0) is 20.6. The molecule has 0 saturated heterocycles. The van der Waals surface area contributed by atoms with E-state index in [1.165, 1.54) is 37.7 Å². The molecule has 2 aromatic rings. The van der Waals surface area contributed by atoms with Crippen molar-refractivity contribution >= 4 is 11.8 Å². The molecule has 6 nitrogen and oxygen atoms in total. The van der Waals surface area contributed by atoms with Gasteiger partial charge in [0, 0.05) is 5.56 Å². The fourth-order valence-electron chi connectivity index (χ4n) is 3.84. The van der Waals surface area contributed by atoms with E-state index in [-0.39, 0.29) is 11.7 Å². The average Bonchev–Trinajstić information content (AvgIpc) is 3.25. The second-order valence-electron chi connectivity index (χ2n) is 7.59. The van der Waals surface area contributed by atoms with E-state index in [1.54, 1.807) is 12.1 Å². The molecule has 29 heavy (non-hydrogen) atoms. The maximum absolute atomic E-state index is 12.3. The summed E-state index contributed by atoms with van der Waals surface area (Å²) in [7, 11) is 0. The lowest BCUT2D eigenvalue weighted by molar-refractivity contribution is 0.0829. The van der Waals surface area contributed by atoms with Crippen molar-refractivity contribution in [3.8, 4) is 0 Å². The zero-order valence-corrected chi connectivity index (χ0v) is 17.4. The van der Waals surface area contributed by atoms with Crippen molar-refractivity contribution < 1.29 is 14.0 Å². The molecule has 1 heterocycles. The van der Waals surface area contributed by atoms with Crippen LogP contribution in [-0.4, -0.2) is 29.8 Å². The Morgan fingerprint density at radius 3 is 2.24 bits per heavy atom. The van der Waals surface area contributed by atoms with E-state index < -0.39 is 5.91 Å². The van der Waals surface area contributed by atoms with Crippen LogP contribution in [0.3, 0.4) is 0 Å². The lowest BCUT2D eigenvalue weighted by Gasteiger charge is -2.22. The Hall–Kier alpha value is -2.60. The molecule has 0 atom stereocenters. The summed E-state index contributed by atoms with van der Waals surface area (Å²) in [4.78, 5) is 26.8. The Morgan fingerprint density at radius 1 is 0.931 bits per heavy atom. The molecule has 0 spiro atoms. The molecule has 3 rings (SSSR count). The van der Waals surface area contributed by atoms with Gasteiger partial charge in [-0.25, -0.2) is 0 Å². The first-order chi connectivity index (χ1) is 14.1. The van der Waals surface area contributed by atoms with Crippen LogP contribution < -0.4 is 10.9 Å². The molecule has 1 fully saturated rings. The summed E-state index contributed by atoms with van der Waals surface area (Å²) in [5, 5.41) is 0. The minimum absolute atomic E-state index is 0.181. The number of carbonyl (C=O) groups excluding carboxylic acids is 2. The molecule has 2 N–H and O–H groups in total. The van der Waals surface area contributed by atoms with E-state index in [0.29, 0.717) is 18.0 Å². The molecule has 2 amide bonds. The Balaban J connectivity index is 1.51. The molecular weight excluding hydrogens is 366 g/mol. The number of furan rings is 1. The summed E-state index contributed by atoms with van der Waals surface area (Å²) in [5.74, 6) is 0.695. The lowest BCUT2D eigenvalue weighted by atomic mass is 9.84. The number of carbonyl (C=O) groups is 2. The Kier molecular flexibility index (Phi) is 7.47. The standard InChI is InChI=1S/C23H31N3O3/c1-3-26(4-2)16-20-14-15-21(29-20)23(28)25-24-22(27)19-12-10-18(11-13-19)17-8-6-5-7-9-17/h10-15,17H,3-9,16H2,1-2H3,(H,24,27)(H,25,28). The molecule has 6 heteroatoms. The highest BCUT2D eigenvalue weighted by Gasteiger charge is 2.17. The Labute approximate surface area is 172 Å². The second kappa shape index (κ2) is 10.3. The van der Waals surface area contributed by atoms with Crippen molar-refractivity contribution in [3.63, 3.8) is 0 Å². The van der Waals surface area contributed by atoms with Gasteiger partial charge in [0.05, 0.1) is 6.54 Å². The molecule has 1 aromatic carbocycles. The molecule has 0 unspecified atom stereocenters. The minimum atomic E-state index is -0.469. The maximum Gasteiger partial charge on any atom is 0.305 e. The average molecular weight is 398 g/mol. The van der Waals surface area contributed by atoms with Crippen molar-refractivity contribution in [2.24, 2.45) is 0 Å². The van der Waals surface area contributed by atoms with Crippen LogP contribution in [0.5, 0.6) is 0 Å². The van der Waals surface area contributed by atoms with E-state index in [2.05, 4.69) is 29.6 Å². The van der Waals surface area contributed by atoms with E-state index in [1.807, 2.05) is 24.3 Å². The van der Waals surface area contributed by atoms with Gasteiger partial charge in [-0.15, -0.1) is 0 Å². The van der Waals surface area contributed by atoms with Crippen molar-refractivity contribution in [2.45, 2.75) is 58.4 Å². The van der Waals surface area contributed by atoms with Gasteiger partial charge in [0.1, 0.15) is 5.76 Å². The summed E-state index contributed by atoms with van der Waals surface area (Å²) >= 11 is 0. The first-order valence-electron chi connectivity index (χ1n) is 10.6. The highest BCUT2D eigenvalue weighted by Crippen LogP contribution is 2.32. The first kappa shape index (κ1) is 21.1. The number of hydrogen-bond donors (Lipinski definition) is 2. The van der Waals surface area contributed by atoms with Crippen LogP contribution in [-0.2, 0) is 6.54 Å². The fraction of sp³-hybridized carbons (Fsp3) is 0.478. The smallest absolute Gasteiger partial charge is 0.305 e. The predicted octanol–water partition coefficient (Wildman–Crippen LogP) is 4.24. The molecule has 0 aliphatic heterocycles. The summed E-state index contributed by atoms with van der Waals surface area (Å²) in [6.45, 7) is 6.64. The fourth-order valence-corrected chi connectivity index (χ4v) is 3.84. The molecule has 1 aromatic heterocycles. The Bertz CT molecular complexity index is 803. The minimum Gasteiger partial charge on any atom is -0.454 e. The molecule has 0 bridgehead atoms. The van der Waals surface area contributed by atoms with Gasteiger partial charge in [-0.2, -0.15) is 0 Å². The number of nitrogens with one attached hydrogen (secondary N) is 2. The number of rotatable bonds is 7. The SMILES string of the molecule is CCN(CC)Cc1ccc(C(=O)NNC(=O)c2ccc(C3CCCCC3)cc2)o1. The van der Waals surface area contributed by atoms with Crippen molar-refractivity contribution in [2.75, 3.05) is 13.1 Å². The molecule has 156 valence electrons. The number of hydrogen-bond acceptors (Lipinski definition) is 4.